The van der Waals surface area contributed by atoms with Gasteiger partial charge in [-0.3, -0.25) is 4.79 Å². The molecule has 0 bridgehead atoms. The van der Waals surface area contributed by atoms with E-state index in [9.17, 15) is 10.1 Å². The number of anilines is 2. The Bertz CT molecular complexity index is 836. The lowest BCUT2D eigenvalue weighted by molar-refractivity contribution is -0.117. The van der Waals surface area contributed by atoms with Gasteiger partial charge in [-0.2, -0.15) is 5.26 Å². The third-order valence-electron chi connectivity index (χ3n) is 3.80. The van der Waals surface area contributed by atoms with Crippen molar-refractivity contribution in [1.82, 2.24) is 5.32 Å². The molecule has 1 amide bonds. The van der Waals surface area contributed by atoms with E-state index in [1.54, 1.807) is 13.2 Å². The van der Waals surface area contributed by atoms with Crippen molar-refractivity contribution in [2.45, 2.75) is 13.3 Å². The van der Waals surface area contributed by atoms with Crippen molar-refractivity contribution in [3.8, 4) is 11.8 Å². The van der Waals surface area contributed by atoms with Crippen molar-refractivity contribution in [2.75, 3.05) is 24.7 Å². The molecule has 0 heterocycles. The van der Waals surface area contributed by atoms with Gasteiger partial charge in [0.15, 0.2) is 0 Å². The zero-order valence-electron chi connectivity index (χ0n) is 14.9. The van der Waals surface area contributed by atoms with Crippen LogP contribution in [0.3, 0.4) is 0 Å². The lowest BCUT2D eigenvalue weighted by atomic mass is 10.1. The van der Waals surface area contributed by atoms with Crippen LogP contribution in [-0.4, -0.2) is 19.6 Å². The summed E-state index contributed by atoms with van der Waals surface area (Å²) in [6, 6.07) is 15.0. The molecule has 26 heavy (non-hydrogen) atoms. The average Bonchev–Trinajstić information content (AvgIpc) is 2.65. The molecular weight excluding hydrogens is 328 g/mol. The minimum atomic E-state index is -0.431. The molecule has 0 unspecified atom stereocenters. The van der Waals surface area contributed by atoms with E-state index in [0.29, 0.717) is 24.3 Å². The highest BCUT2D eigenvalue weighted by molar-refractivity contribution is 5.97. The maximum atomic E-state index is 12.1. The summed E-state index contributed by atoms with van der Waals surface area (Å²) < 4.78 is 5.11. The maximum absolute atomic E-state index is 12.1. The molecule has 2 rings (SSSR count). The number of ether oxygens (including phenoxy) is 1. The summed E-state index contributed by atoms with van der Waals surface area (Å²) in [5.74, 6) is 0.355. The summed E-state index contributed by atoms with van der Waals surface area (Å²) in [6.45, 7) is 2.36. The Morgan fingerprint density at radius 3 is 2.65 bits per heavy atom. The number of amides is 1. The smallest absolute Gasteiger partial charge is 0.263 e. The number of nitriles is 1. The number of carbonyl (C=O) groups is 1. The van der Waals surface area contributed by atoms with Gasteiger partial charge in [0.25, 0.3) is 5.91 Å². The lowest BCUT2D eigenvalue weighted by Crippen LogP contribution is -2.27. The van der Waals surface area contributed by atoms with Gasteiger partial charge in [0, 0.05) is 12.7 Å². The normalized spacial score (nSPS) is 10.7. The number of hydrogen-bond donors (Lipinski definition) is 3. The molecule has 2 aromatic rings. The van der Waals surface area contributed by atoms with Crippen LogP contribution < -0.4 is 21.1 Å². The number of benzene rings is 2. The number of carbonyl (C=O) groups excluding carboxylic acids is 1. The van der Waals surface area contributed by atoms with E-state index in [2.05, 4.69) is 10.6 Å². The van der Waals surface area contributed by atoms with Gasteiger partial charge in [-0.15, -0.1) is 0 Å². The number of nitrogens with zero attached hydrogens (tertiary/aromatic N) is 1. The van der Waals surface area contributed by atoms with Crippen molar-refractivity contribution >= 4 is 17.3 Å². The second-order valence-electron chi connectivity index (χ2n) is 5.76. The molecule has 0 saturated heterocycles. The zero-order chi connectivity index (χ0) is 18.9. The first kappa shape index (κ1) is 18.9. The van der Waals surface area contributed by atoms with E-state index in [-0.39, 0.29) is 5.57 Å². The SMILES string of the molecule is COc1ccc(CCNC(=O)/C(C#N)=C\Nc2cc(C)ccc2N)cc1. The van der Waals surface area contributed by atoms with Crippen molar-refractivity contribution in [3.63, 3.8) is 0 Å². The van der Waals surface area contributed by atoms with Crippen LogP contribution in [0.1, 0.15) is 11.1 Å². The van der Waals surface area contributed by atoms with Crippen LogP contribution in [0.2, 0.25) is 0 Å². The third-order valence-corrected chi connectivity index (χ3v) is 3.80. The second kappa shape index (κ2) is 9.14. The summed E-state index contributed by atoms with van der Waals surface area (Å²) in [6.07, 6.45) is 2.03. The number of rotatable bonds is 7. The van der Waals surface area contributed by atoms with Crippen LogP contribution in [0.15, 0.2) is 54.2 Å². The van der Waals surface area contributed by atoms with Gasteiger partial charge >= 0.3 is 0 Å². The fourth-order valence-corrected chi connectivity index (χ4v) is 2.30. The monoisotopic (exact) mass is 350 g/mol. The van der Waals surface area contributed by atoms with Crippen molar-refractivity contribution in [3.05, 3.63) is 65.4 Å². The maximum Gasteiger partial charge on any atom is 0.263 e. The molecule has 6 heteroatoms. The van der Waals surface area contributed by atoms with Crippen molar-refractivity contribution in [2.24, 2.45) is 0 Å². The van der Waals surface area contributed by atoms with Crippen LogP contribution in [0.5, 0.6) is 5.75 Å². The van der Waals surface area contributed by atoms with Crippen molar-refractivity contribution < 1.29 is 9.53 Å². The Morgan fingerprint density at radius 1 is 1.27 bits per heavy atom. The Balaban J connectivity index is 1.91. The lowest BCUT2D eigenvalue weighted by Gasteiger charge is -2.08. The number of nitrogens with two attached hydrogens (primary N) is 1. The van der Waals surface area contributed by atoms with Gasteiger partial charge in [-0.25, -0.2) is 0 Å². The van der Waals surface area contributed by atoms with E-state index in [1.165, 1.54) is 6.20 Å². The quantitative estimate of drug-likeness (QED) is 0.405. The first-order valence-corrected chi connectivity index (χ1v) is 8.17. The third kappa shape index (κ3) is 5.28. The highest BCUT2D eigenvalue weighted by atomic mass is 16.5. The molecule has 0 saturated carbocycles. The molecule has 2 aromatic carbocycles. The van der Waals surface area contributed by atoms with Crippen LogP contribution in [0, 0.1) is 18.3 Å². The highest BCUT2D eigenvalue weighted by Gasteiger charge is 2.08. The van der Waals surface area contributed by atoms with E-state index < -0.39 is 5.91 Å². The Morgan fingerprint density at radius 2 is 2.00 bits per heavy atom. The van der Waals surface area contributed by atoms with Gasteiger partial charge < -0.3 is 21.1 Å². The van der Waals surface area contributed by atoms with E-state index in [1.807, 2.05) is 49.4 Å². The molecule has 6 nitrogen and oxygen atoms in total. The summed E-state index contributed by atoms with van der Waals surface area (Å²) in [5, 5.41) is 14.9. The summed E-state index contributed by atoms with van der Waals surface area (Å²) in [7, 11) is 1.61. The molecule has 0 spiro atoms. The van der Waals surface area contributed by atoms with Gasteiger partial charge in [0.1, 0.15) is 17.4 Å². The first-order chi connectivity index (χ1) is 12.5. The molecule has 0 aliphatic heterocycles. The molecular formula is C20H22N4O2. The van der Waals surface area contributed by atoms with Crippen LogP contribution in [0.25, 0.3) is 0 Å². The summed E-state index contributed by atoms with van der Waals surface area (Å²) >= 11 is 0. The molecule has 0 aromatic heterocycles. The minimum Gasteiger partial charge on any atom is -0.497 e. The number of aryl methyl sites for hydroxylation is 1. The standard InChI is InChI=1S/C20H22N4O2/c1-14-3-8-18(22)19(11-14)24-13-16(12-21)20(25)23-10-9-15-4-6-17(26-2)7-5-15/h3-8,11,13,24H,9-10,22H2,1-2H3,(H,23,25)/b16-13-. The number of methoxy groups -OCH3 is 1. The number of nitrogens with one attached hydrogen (secondary N) is 2. The topological polar surface area (TPSA) is 100 Å². The van der Waals surface area contributed by atoms with Crippen LogP contribution >= 0.6 is 0 Å². The second-order valence-corrected chi connectivity index (χ2v) is 5.76. The molecule has 134 valence electrons. The largest absolute Gasteiger partial charge is 0.497 e. The van der Waals surface area contributed by atoms with Crippen molar-refractivity contribution in [1.29, 1.82) is 5.26 Å². The molecule has 0 aliphatic rings. The van der Waals surface area contributed by atoms with E-state index in [0.717, 1.165) is 16.9 Å². The molecule has 4 N–H and O–H groups in total. The first-order valence-electron chi connectivity index (χ1n) is 8.17. The van der Waals surface area contributed by atoms with Crippen LogP contribution in [0.4, 0.5) is 11.4 Å². The molecule has 0 radical (unpaired) electrons. The molecule has 0 aliphatic carbocycles. The van der Waals surface area contributed by atoms with Gasteiger partial charge in [-0.05, 0) is 48.7 Å². The predicted molar refractivity (Wildman–Crippen MR) is 103 cm³/mol. The highest BCUT2D eigenvalue weighted by Crippen LogP contribution is 2.19. The summed E-state index contributed by atoms with van der Waals surface area (Å²) in [4.78, 5) is 12.1. The number of hydrogen-bond acceptors (Lipinski definition) is 5. The van der Waals surface area contributed by atoms with E-state index >= 15 is 0 Å². The van der Waals surface area contributed by atoms with Crippen LogP contribution in [-0.2, 0) is 11.2 Å². The van der Waals surface area contributed by atoms with Gasteiger partial charge in [0.2, 0.25) is 0 Å². The van der Waals surface area contributed by atoms with Gasteiger partial charge in [-0.1, -0.05) is 18.2 Å². The Labute approximate surface area is 153 Å². The Kier molecular flexibility index (Phi) is 6.63. The van der Waals surface area contributed by atoms with Gasteiger partial charge in [0.05, 0.1) is 18.5 Å². The summed E-state index contributed by atoms with van der Waals surface area (Å²) in [5.41, 5.74) is 9.16. The Hall–Kier alpha value is -3.46. The number of nitrogen functional groups attached to an aromatic ring is 1. The minimum absolute atomic E-state index is 0.0133. The fourth-order valence-electron chi connectivity index (χ4n) is 2.30. The molecule has 0 fully saturated rings. The predicted octanol–water partition coefficient (Wildman–Crippen LogP) is 2.76. The fraction of sp³-hybridized carbons (Fsp3) is 0.200. The van der Waals surface area contributed by atoms with E-state index in [4.69, 9.17) is 10.5 Å². The zero-order valence-corrected chi connectivity index (χ0v) is 14.9. The molecule has 0 atom stereocenters. The average molecular weight is 350 g/mol.